The van der Waals surface area contributed by atoms with Crippen molar-refractivity contribution < 1.29 is 4.79 Å². The van der Waals surface area contributed by atoms with Crippen molar-refractivity contribution in [3.63, 3.8) is 0 Å². The molecule has 2 aromatic carbocycles. The van der Waals surface area contributed by atoms with Crippen LogP contribution in [0, 0.1) is 6.92 Å². The Morgan fingerprint density at radius 2 is 1.77 bits per heavy atom. The second-order valence-corrected chi connectivity index (χ2v) is 5.67. The summed E-state index contributed by atoms with van der Waals surface area (Å²) in [5, 5.41) is 3.96. The van der Waals surface area contributed by atoms with Crippen LogP contribution in [0.15, 0.2) is 48.5 Å². The fourth-order valence-corrected chi connectivity index (χ4v) is 2.42. The summed E-state index contributed by atoms with van der Waals surface area (Å²) in [6.07, 6.45) is 0. The van der Waals surface area contributed by atoms with Gasteiger partial charge >= 0.3 is 0 Å². The molecule has 1 heterocycles. The third kappa shape index (κ3) is 2.81. The van der Waals surface area contributed by atoms with E-state index in [0.717, 1.165) is 22.3 Å². The van der Waals surface area contributed by atoms with Crippen molar-refractivity contribution in [1.29, 1.82) is 0 Å². The third-order valence-electron chi connectivity index (χ3n) is 3.66. The molecule has 0 aliphatic carbocycles. The lowest BCUT2D eigenvalue weighted by molar-refractivity contribution is 0.102. The summed E-state index contributed by atoms with van der Waals surface area (Å²) in [6.45, 7) is 2.04. The SMILES string of the molecule is Cc1ccc2[nH]c(C(=O)Nc3ccc(N(C)C)cc3)cc2c1. The van der Waals surface area contributed by atoms with Gasteiger partial charge in [-0.3, -0.25) is 4.79 Å². The number of hydrogen-bond donors (Lipinski definition) is 2. The van der Waals surface area contributed by atoms with E-state index < -0.39 is 0 Å². The lowest BCUT2D eigenvalue weighted by atomic mass is 10.2. The number of rotatable bonds is 3. The first kappa shape index (κ1) is 14.2. The molecule has 112 valence electrons. The van der Waals surface area contributed by atoms with Crippen molar-refractivity contribution in [3.05, 3.63) is 59.8 Å². The number of carbonyl (C=O) groups excluding carboxylic acids is 1. The Morgan fingerprint density at radius 1 is 1.05 bits per heavy atom. The van der Waals surface area contributed by atoms with Crippen LogP contribution in [0.3, 0.4) is 0 Å². The second kappa shape index (κ2) is 5.56. The molecule has 1 aromatic heterocycles. The van der Waals surface area contributed by atoms with Crippen LogP contribution in [0.1, 0.15) is 16.1 Å². The normalized spacial score (nSPS) is 10.7. The van der Waals surface area contributed by atoms with Gasteiger partial charge in [0.05, 0.1) is 0 Å². The van der Waals surface area contributed by atoms with Crippen molar-refractivity contribution in [2.45, 2.75) is 6.92 Å². The molecule has 3 aromatic rings. The van der Waals surface area contributed by atoms with Crippen LogP contribution in [0.4, 0.5) is 11.4 Å². The summed E-state index contributed by atoms with van der Waals surface area (Å²) in [4.78, 5) is 17.5. The highest BCUT2D eigenvalue weighted by atomic mass is 16.1. The number of aromatic nitrogens is 1. The van der Waals surface area contributed by atoms with Crippen LogP contribution in [-0.4, -0.2) is 25.0 Å². The van der Waals surface area contributed by atoms with Gasteiger partial charge in [-0.05, 0) is 49.4 Å². The Hall–Kier alpha value is -2.75. The number of hydrogen-bond acceptors (Lipinski definition) is 2. The van der Waals surface area contributed by atoms with E-state index >= 15 is 0 Å². The van der Waals surface area contributed by atoms with Gasteiger partial charge in [-0.15, -0.1) is 0 Å². The molecule has 1 amide bonds. The van der Waals surface area contributed by atoms with Gasteiger partial charge in [0.25, 0.3) is 5.91 Å². The van der Waals surface area contributed by atoms with Crippen LogP contribution in [0.25, 0.3) is 10.9 Å². The molecule has 0 atom stereocenters. The third-order valence-corrected chi connectivity index (χ3v) is 3.66. The summed E-state index contributed by atoms with van der Waals surface area (Å²) >= 11 is 0. The number of amides is 1. The zero-order chi connectivity index (χ0) is 15.7. The minimum absolute atomic E-state index is 0.133. The van der Waals surface area contributed by atoms with Gasteiger partial charge in [-0.25, -0.2) is 0 Å². The van der Waals surface area contributed by atoms with Gasteiger partial charge in [-0.2, -0.15) is 0 Å². The summed E-state index contributed by atoms with van der Waals surface area (Å²) < 4.78 is 0. The quantitative estimate of drug-likeness (QED) is 0.771. The molecular formula is C18H19N3O. The summed E-state index contributed by atoms with van der Waals surface area (Å²) in [6, 6.07) is 15.7. The molecule has 4 heteroatoms. The Bertz CT molecular complexity index is 816. The molecule has 0 bridgehead atoms. The molecular weight excluding hydrogens is 274 g/mol. The van der Waals surface area contributed by atoms with E-state index in [4.69, 9.17) is 0 Å². The Balaban J connectivity index is 1.80. The average Bonchev–Trinajstić information content (AvgIpc) is 2.91. The molecule has 2 N–H and O–H groups in total. The lowest BCUT2D eigenvalue weighted by Crippen LogP contribution is -2.12. The molecule has 3 rings (SSSR count). The maximum absolute atomic E-state index is 12.3. The molecule has 0 aliphatic heterocycles. The molecule has 0 saturated carbocycles. The van der Waals surface area contributed by atoms with E-state index in [2.05, 4.69) is 16.4 Å². The van der Waals surface area contributed by atoms with Gasteiger partial charge in [0.1, 0.15) is 5.69 Å². The van der Waals surface area contributed by atoms with E-state index in [9.17, 15) is 4.79 Å². The number of fused-ring (bicyclic) bond motifs is 1. The predicted molar refractivity (Wildman–Crippen MR) is 91.8 cm³/mol. The van der Waals surface area contributed by atoms with Crippen LogP contribution in [-0.2, 0) is 0 Å². The molecule has 4 nitrogen and oxygen atoms in total. The molecule has 0 unspecified atom stereocenters. The summed E-state index contributed by atoms with van der Waals surface area (Å²) in [5.41, 5.74) is 4.60. The van der Waals surface area contributed by atoms with Crippen LogP contribution < -0.4 is 10.2 Å². The minimum Gasteiger partial charge on any atom is -0.378 e. The van der Waals surface area contributed by atoms with E-state index in [1.54, 1.807) is 0 Å². The largest absolute Gasteiger partial charge is 0.378 e. The number of benzene rings is 2. The monoisotopic (exact) mass is 293 g/mol. The van der Waals surface area contributed by atoms with Crippen molar-refractivity contribution in [2.24, 2.45) is 0 Å². The number of H-pyrrole nitrogens is 1. The van der Waals surface area contributed by atoms with Gasteiger partial charge in [0.2, 0.25) is 0 Å². The number of nitrogens with one attached hydrogen (secondary N) is 2. The first-order valence-corrected chi connectivity index (χ1v) is 7.21. The maximum atomic E-state index is 12.3. The zero-order valence-corrected chi connectivity index (χ0v) is 13.0. The average molecular weight is 293 g/mol. The standard InChI is InChI=1S/C18H19N3O/c1-12-4-9-16-13(10-12)11-17(20-16)18(22)19-14-5-7-15(8-6-14)21(2)3/h4-11,20H,1-3H3,(H,19,22). The number of nitrogens with zero attached hydrogens (tertiary/aromatic N) is 1. The Morgan fingerprint density at radius 3 is 2.45 bits per heavy atom. The number of carbonyl (C=O) groups is 1. The van der Waals surface area contributed by atoms with E-state index in [0.29, 0.717) is 5.69 Å². The molecule has 0 aliphatic rings. The molecule has 22 heavy (non-hydrogen) atoms. The molecule has 0 fully saturated rings. The summed E-state index contributed by atoms with van der Waals surface area (Å²) in [5.74, 6) is -0.133. The van der Waals surface area contributed by atoms with Gasteiger partial charge in [-0.1, -0.05) is 11.6 Å². The smallest absolute Gasteiger partial charge is 0.272 e. The first-order chi connectivity index (χ1) is 10.5. The predicted octanol–water partition coefficient (Wildman–Crippen LogP) is 3.79. The second-order valence-electron chi connectivity index (χ2n) is 5.67. The minimum atomic E-state index is -0.133. The van der Waals surface area contributed by atoms with Crippen molar-refractivity contribution in [3.8, 4) is 0 Å². The lowest BCUT2D eigenvalue weighted by Gasteiger charge is -2.12. The first-order valence-electron chi connectivity index (χ1n) is 7.21. The topological polar surface area (TPSA) is 48.1 Å². The fraction of sp³-hybridized carbons (Fsp3) is 0.167. The van der Waals surface area contributed by atoms with Gasteiger partial charge in [0, 0.05) is 36.4 Å². The van der Waals surface area contributed by atoms with Gasteiger partial charge < -0.3 is 15.2 Å². The van der Waals surface area contributed by atoms with E-state index in [1.165, 1.54) is 5.56 Å². The highest BCUT2D eigenvalue weighted by Crippen LogP contribution is 2.19. The fourth-order valence-electron chi connectivity index (χ4n) is 2.42. The van der Waals surface area contributed by atoms with Crippen LogP contribution in [0.2, 0.25) is 0 Å². The summed E-state index contributed by atoms with van der Waals surface area (Å²) in [7, 11) is 3.97. The zero-order valence-electron chi connectivity index (χ0n) is 13.0. The molecule has 0 radical (unpaired) electrons. The highest BCUT2D eigenvalue weighted by molar-refractivity contribution is 6.06. The van der Waals surface area contributed by atoms with E-state index in [1.807, 2.05) is 68.4 Å². The number of aromatic amines is 1. The maximum Gasteiger partial charge on any atom is 0.272 e. The Labute approximate surface area is 129 Å². The number of aryl methyl sites for hydroxylation is 1. The van der Waals surface area contributed by atoms with Crippen LogP contribution in [0.5, 0.6) is 0 Å². The molecule has 0 spiro atoms. The molecule has 0 saturated heterocycles. The van der Waals surface area contributed by atoms with Crippen LogP contribution >= 0.6 is 0 Å². The van der Waals surface area contributed by atoms with Crippen molar-refractivity contribution in [1.82, 2.24) is 4.98 Å². The highest BCUT2D eigenvalue weighted by Gasteiger charge is 2.10. The van der Waals surface area contributed by atoms with Crippen molar-refractivity contribution >= 4 is 28.2 Å². The number of anilines is 2. The van der Waals surface area contributed by atoms with Gasteiger partial charge in [0.15, 0.2) is 0 Å². The Kier molecular flexibility index (Phi) is 3.59. The van der Waals surface area contributed by atoms with E-state index in [-0.39, 0.29) is 5.91 Å². The van der Waals surface area contributed by atoms with Crippen molar-refractivity contribution in [2.75, 3.05) is 24.3 Å².